The van der Waals surface area contributed by atoms with Crippen molar-refractivity contribution >= 4 is 17.1 Å². The van der Waals surface area contributed by atoms with E-state index in [9.17, 15) is 13.2 Å². The molecule has 5 nitrogen and oxygen atoms in total. The van der Waals surface area contributed by atoms with Crippen molar-refractivity contribution in [2.24, 2.45) is 0 Å². The number of rotatable bonds is 2. The molecule has 0 bridgehead atoms. The van der Waals surface area contributed by atoms with Gasteiger partial charge in [-0.1, -0.05) is 12.8 Å². The number of fused-ring (bicyclic) bond motifs is 1. The first-order chi connectivity index (χ1) is 9.50. The third-order valence-corrected chi connectivity index (χ3v) is 3.60. The largest absolute Gasteiger partial charge is 0.451 e. The molecule has 0 radical (unpaired) electrons. The maximum Gasteiger partial charge on any atom is 0.451 e. The zero-order valence-corrected chi connectivity index (χ0v) is 10.9. The van der Waals surface area contributed by atoms with Crippen molar-refractivity contribution in [3.8, 4) is 0 Å². The number of nitrogens with one attached hydrogen (secondary N) is 1. The molecule has 1 saturated carbocycles. The van der Waals surface area contributed by atoms with Gasteiger partial charge in [-0.15, -0.1) is 0 Å². The molecule has 2 aromatic rings. The van der Waals surface area contributed by atoms with Gasteiger partial charge in [0.1, 0.15) is 5.52 Å². The van der Waals surface area contributed by atoms with E-state index in [1.54, 1.807) is 11.6 Å². The van der Waals surface area contributed by atoms with Crippen LogP contribution in [0.1, 0.15) is 37.5 Å². The standard InChI is InChI=1S/C12H14F3N5/c1-16-11-18-8-6-17-10(12(13,14)15)19-9(8)20(11)7-4-2-3-5-7/h6-7H,2-5H2,1H3,(H,16,18). The van der Waals surface area contributed by atoms with Crippen LogP contribution in [0.2, 0.25) is 0 Å². The molecule has 0 aliphatic heterocycles. The molecule has 0 amide bonds. The van der Waals surface area contributed by atoms with E-state index >= 15 is 0 Å². The van der Waals surface area contributed by atoms with E-state index in [1.165, 1.54) is 0 Å². The van der Waals surface area contributed by atoms with Gasteiger partial charge >= 0.3 is 6.18 Å². The van der Waals surface area contributed by atoms with Crippen LogP contribution in [-0.4, -0.2) is 26.6 Å². The Balaban J connectivity index is 2.18. The minimum absolute atomic E-state index is 0.151. The second-order valence-corrected chi connectivity index (χ2v) is 4.89. The Morgan fingerprint density at radius 1 is 1.25 bits per heavy atom. The average Bonchev–Trinajstić information content (AvgIpc) is 3.02. The fraction of sp³-hybridized carbons (Fsp3) is 0.583. The van der Waals surface area contributed by atoms with Gasteiger partial charge in [-0.05, 0) is 12.8 Å². The first-order valence-electron chi connectivity index (χ1n) is 6.50. The number of alkyl halides is 3. The topological polar surface area (TPSA) is 55.6 Å². The molecule has 8 heteroatoms. The van der Waals surface area contributed by atoms with Gasteiger partial charge in [0, 0.05) is 13.1 Å². The van der Waals surface area contributed by atoms with Gasteiger partial charge in [-0.25, -0.2) is 15.0 Å². The van der Waals surface area contributed by atoms with E-state index in [4.69, 9.17) is 0 Å². The Kier molecular flexibility index (Phi) is 3.02. The summed E-state index contributed by atoms with van der Waals surface area (Å²) >= 11 is 0. The minimum Gasteiger partial charge on any atom is -0.359 e. The quantitative estimate of drug-likeness (QED) is 0.921. The van der Waals surface area contributed by atoms with Crippen LogP contribution in [-0.2, 0) is 6.18 Å². The van der Waals surface area contributed by atoms with Crippen molar-refractivity contribution < 1.29 is 13.2 Å². The van der Waals surface area contributed by atoms with E-state index in [2.05, 4.69) is 20.3 Å². The summed E-state index contributed by atoms with van der Waals surface area (Å²) in [4.78, 5) is 11.3. The van der Waals surface area contributed by atoms with Crippen LogP contribution in [0.15, 0.2) is 6.20 Å². The molecule has 0 atom stereocenters. The summed E-state index contributed by atoms with van der Waals surface area (Å²) < 4.78 is 40.0. The maximum absolute atomic E-state index is 12.7. The molecule has 3 rings (SSSR count). The third-order valence-electron chi connectivity index (χ3n) is 3.60. The minimum atomic E-state index is -4.54. The number of imidazole rings is 1. The number of halogens is 3. The Labute approximate surface area is 113 Å². The molecule has 0 aromatic carbocycles. The summed E-state index contributed by atoms with van der Waals surface area (Å²) in [6, 6.07) is 0.151. The van der Waals surface area contributed by atoms with Crippen molar-refractivity contribution in [1.82, 2.24) is 19.5 Å². The molecule has 20 heavy (non-hydrogen) atoms. The number of hydrogen-bond donors (Lipinski definition) is 1. The first-order valence-corrected chi connectivity index (χ1v) is 6.50. The highest BCUT2D eigenvalue weighted by Crippen LogP contribution is 2.35. The summed E-state index contributed by atoms with van der Waals surface area (Å²) in [6.07, 6.45) is 0.614. The van der Waals surface area contributed by atoms with Crippen molar-refractivity contribution in [1.29, 1.82) is 0 Å². The van der Waals surface area contributed by atoms with Gasteiger partial charge < -0.3 is 5.32 Å². The number of anilines is 1. The SMILES string of the molecule is CNc1nc2cnc(C(F)(F)F)nc2n1C1CCCC1. The van der Waals surface area contributed by atoms with E-state index < -0.39 is 12.0 Å². The molecule has 1 N–H and O–H groups in total. The van der Waals surface area contributed by atoms with Crippen LogP contribution in [0.25, 0.3) is 11.2 Å². The Bertz CT molecular complexity index is 628. The molecule has 0 spiro atoms. The van der Waals surface area contributed by atoms with Crippen molar-refractivity contribution in [3.05, 3.63) is 12.0 Å². The number of hydrogen-bond acceptors (Lipinski definition) is 4. The molecule has 108 valence electrons. The molecular weight excluding hydrogens is 271 g/mol. The van der Waals surface area contributed by atoms with Gasteiger partial charge in [0.25, 0.3) is 0 Å². The normalized spacial score (nSPS) is 17.0. The Hall–Kier alpha value is -1.86. The van der Waals surface area contributed by atoms with Crippen LogP contribution in [0.4, 0.5) is 19.1 Å². The Morgan fingerprint density at radius 2 is 1.95 bits per heavy atom. The molecule has 0 saturated heterocycles. The maximum atomic E-state index is 12.7. The monoisotopic (exact) mass is 285 g/mol. The Morgan fingerprint density at radius 3 is 2.55 bits per heavy atom. The van der Waals surface area contributed by atoms with Crippen LogP contribution in [0.3, 0.4) is 0 Å². The average molecular weight is 285 g/mol. The highest BCUT2D eigenvalue weighted by molar-refractivity contribution is 5.74. The second kappa shape index (κ2) is 4.60. The van der Waals surface area contributed by atoms with Crippen molar-refractivity contribution in [2.45, 2.75) is 37.9 Å². The van der Waals surface area contributed by atoms with Gasteiger partial charge in [0.2, 0.25) is 11.8 Å². The predicted molar refractivity (Wildman–Crippen MR) is 67.4 cm³/mol. The summed E-state index contributed by atoms with van der Waals surface area (Å²) in [5.41, 5.74) is 0.637. The lowest BCUT2D eigenvalue weighted by Gasteiger charge is -2.15. The summed E-state index contributed by atoms with van der Waals surface area (Å²) in [6.45, 7) is 0. The highest BCUT2D eigenvalue weighted by atomic mass is 19.4. The van der Waals surface area contributed by atoms with Gasteiger partial charge in [-0.2, -0.15) is 13.2 Å². The number of aromatic nitrogens is 4. The van der Waals surface area contributed by atoms with Crippen LogP contribution < -0.4 is 5.32 Å². The molecule has 0 unspecified atom stereocenters. The van der Waals surface area contributed by atoms with Crippen LogP contribution in [0, 0.1) is 0 Å². The smallest absolute Gasteiger partial charge is 0.359 e. The third kappa shape index (κ3) is 2.08. The highest BCUT2D eigenvalue weighted by Gasteiger charge is 2.35. The van der Waals surface area contributed by atoms with E-state index in [1.807, 2.05) is 0 Å². The zero-order valence-electron chi connectivity index (χ0n) is 10.9. The lowest BCUT2D eigenvalue weighted by molar-refractivity contribution is -0.144. The van der Waals surface area contributed by atoms with Crippen molar-refractivity contribution in [3.63, 3.8) is 0 Å². The fourth-order valence-corrected chi connectivity index (χ4v) is 2.71. The fourth-order valence-electron chi connectivity index (χ4n) is 2.71. The molecule has 1 aliphatic carbocycles. The van der Waals surface area contributed by atoms with Gasteiger partial charge in [0.15, 0.2) is 5.65 Å². The van der Waals surface area contributed by atoms with Crippen molar-refractivity contribution in [2.75, 3.05) is 12.4 Å². The molecule has 2 heterocycles. The lowest BCUT2D eigenvalue weighted by Crippen LogP contribution is -2.13. The van der Waals surface area contributed by atoms with Gasteiger partial charge in [0.05, 0.1) is 6.20 Å². The molecule has 1 aliphatic rings. The second-order valence-electron chi connectivity index (χ2n) is 4.89. The van der Waals surface area contributed by atoms with Crippen LogP contribution in [0.5, 0.6) is 0 Å². The zero-order chi connectivity index (χ0) is 14.3. The van der Waals surface area contributed by atoms with E-state index in [0.717, 1.165) is 31.9 Å². The molecular formula is C12H14F3N5. The first kappa shape index (κ1) is 13.1. The molecule has 2 aromatic heterocycles. The predicted octanol–water partition coefficient (Wildman–Crippen LogP) is 3.00. The van der Waals surface area contributed by atoms with Gasteiger partial charge in [-0.3, -0.25) is 4.57 Å². The summed E-state index contributed by atoms with van der Waals surface area (Å²) in [5.74, 6) is -0.577. The molecule has 1 fully saturated rings. The van der Waals surface area contributed by atoms with E-state index in [0.29, 0.717) is 11.5 Å². The summed E-state index contributed by atoms with van der Waals surface area (Å²) in [5, 5.41) is 2.92. The van der Waals surface area contributed by atoms with Crippen LogP contribution >= 0.6 is 0 Å². The summed E-state index contributed by atoms with van der Waals surface area (Å²) in [7, 11) is 1.70. The number of nitrogens with zero attached hydrogens (tertiary/aromatic N) is 4. The lowest BCUT2D eigenvalue weighted by atomic mass is 10.2. The van der Waals surface area contributed by atoms with E-state index in [-0.39, 0.29) is 11.7 Å².